The summed E-state index contributed by atoms with van der Waals surface area (Å²) in [6.07, 6.45) is 7.04. The van der Waals surface area contributed by atoms with Crippen LogP contribution in [-0.2, 0) is 0 Å². The van der Waals surface area contributed by atoms with Gasteiger partial charge >= 0.3 is 6.03 Å². The molecular weight excluding hydrogens is 248 g/mol. The fraction of sp³-hybridized carbons (Fsp3) is 0.941. The van der Waals surface area contributed by atoms with E-state index in [4.69, 9.17) is 0 Å². The maximum absolute atomic E-state index is 12.5. The summed E-state index contributed by atoms with van der Waals surface area (Å²) in [6.45, 7) is 7.63. The predicted octanol–water partition coefficient (Wildman–Crippen LogP) is 3.25. The number of hydrogen-bond acceptors (Lipinski definition) is 1. The van der Waals surface area contributed by atoms with Crippen molar-refractivity contribution >= 4 is 6.03 Å². The third-order valence-electron chi connectivity index (χ3n) is 6.52. The van der Waals surface area contributed by atoms with Gasteiger partial charge in [-0.25, -0.2) is 4.79 Å². The fourth-order valence-electron chi connectivity index (χ4n) is 5.71. The Morgan fingerprint density at radius 1 is 1.00 bits per heavy atom. The van der Waals surface area contributed by atoms with Crippen molar-refractivity contribution in [1.82, 2.24) is 10.2 Å². The highest BCUT2D eigenvalue weighted by Crippen LogP contribution is 2.55. The molecule has 0 aromatic rings. The Hall–Kier alpha value is -0.730. The molecule has 112 valence electrons. The van der Waals surface area contributed by atoms with Crippen molar-refractivity contribution in [1.29, 1.82) is 0 Å². The molecule has 4 bridgehead atoms. The summed E-state index contributed by atoms with van der Waals surface area (Å²) < 4.78 is 0. The molecule has 2 amide bonds. The molecule has 0 unspecified atom stereocenters. The Morgan fingerprint density at radius 3 is 2.00 bits per heavy atom. The number of carbonyl (C=O) groups is 1. The maximum Gasteiger partial charge on any atom is 0.318 e. The minimum Gasteiger partial charge on any atom is -0.333 e. The van der Waals surface area contributed by atoms with Gasteiger partial charge in [0.2, 0.25) is 0 Å². The monoisotopic (exact) mass is 276 g/mol. The van der Waals surface area contributed by atoms with Gasteiger partial charge in [-0.3, -0.25) is 0 Å². The average Bonchev–Trinajstić information content (AvgIpc) is 2.70. The van der Waals surface area contributed by atoms with E-state index in [1.807, 2.05) is 0 Å². The first kappa shape index (κ1) is 13.0. The van der Waals surface area contributed by atoms with Gasteiger partial charge in [-0.1, -0.05) is 20.8 Å². The summed E-state index contributed by atoms with van der Waals surface area (Å²) in [4.78, 5) is 14.7. The van der Waals surface area contributed by atoms with Crippen molar-refractivity contribution in [3.05, 3.63) is 0 Å². The van der Waals surface area contributed by atoms with E-state index in [1.165, 1.54) is 32.1 Å². The molecule has 5 fully saturated rings. The van der Waals surface area contributed by atoms with Crippen LogP contribution in [0, 0.1) is 29.1 Å². The molecular formula is C17H28N2O. The third-order valence-corrected chi connectivity index (χ3v) is 6.52. The van der Waals surface area contributed by atoms with E-state index in [0.717, 1.165) is 30.2 Å². The van der Waals surface area contributed by atoms with Crippen LogP contribution in [0.1, 0.15) is 52.9 Å². The van der Waals surface area contributed by atoms with Crippen LogP contribution in [0.15, 0.2) is 0 Å². The highest BCUT2D eigenvalue weighted by Gasteiger charge is 2.53. The van der Waals surface area contributed by atoms with Crippen LogP contribution in [0.3, 0.4) is 0 Å². The molecule has 3 nitrogen and oxygen atoms in total. The number of carbonyl (C=O) groups excluding carboxylic acids is 1. The Kier molecular flexibility index (Phi) is 2.69. The Balaban J connectivity index is 1.55. The lowest BCUT2D eigenvalue weighted by atomic mass is 9.54. The van der Waals surface area contributed by atoms with Gasteiger partial charge in [0.1, 0.15) is 0 Å². The van der Waals surface area contributed by atoms with E-state index < -0.39 is 0 Å². The van der Waals surface area contributed by atoms with Gasteiger partial charge in [0.05, 0.1) is 6.04 Å². The molecule has 3 heteroatoms. The highest BCUT2D eigenvalue weighted by molar-refractivity contribution is 5.77. The second-order valence-electron chi connectivity index (χ2n) is 8.94. The predicted molar refractivity (Wildman–Crippen MR) is 79.3 cm³/mol. The maximum atomic E-state index is 12.5. The molecule has 0 aromatic heterocycles. The van der Waals surface area contributed by atoms with Crippen molar-refractivity contribution in [2.75, 3.05) is 6.54 Å². The van der Waals surface area contributed by atoms with Crippen LogP contribution in [0.2, 0.25) is 0 Å². The number of rotatable bonds is 1. The highest BCUT2D eigenvalue weighted by atomic mass is 16.2. The number of nitrogens with zero attached hydrogens (tertiary/aromatic N) is 1. The van der Waals surface area contributed by atoms with Gasteiger partial charge < -0.3 is 10.2 Å². The molecule has 1 heterocycles. The normalized spacial score (nSPS) is 47.0. The molecule has 20 heavy (non-hydrogen) atoms. The fourth-order valence-corrected chi connectivity index (χ4v) is 5.71. The molecule has 5 rings (SSSR count). The minimum absolute atomic E-state index is 0.163. The zero-order chi connectivity index (χ0) is 14.1. The number of nitrogens with one attached hydrogen (secondary N) is 1. The largest absolute Gasteiger partial charge is 0.333 e. The van der Waals surface area contributed by atoms with Gasteiger partial charge in [0, 0.05) is 12.6 Å². The van der Waals surface area contributed by atoms with Crippen LogP contribution in [0.4, 0.5) is 4.79 Å². The van der Waals surface area contributed by atoms with Crippen molar-refractivity contribution in [2.45, 2.75) is 65.0 Å². The first-order chi connectivity index (χ1) is 9.41. The first-order valence-corrected chi connectivity index (χ1v) is 8.49. The summed E-state index contributed by atoms with van der Waals surface area (Å²) in [7, 11) is 0. The Bertz CT molecular complexity index is 397. The van der Waals surface area contributed by atoms with Gasteiger partial charge in [0.15, 0.2) is 0 Å². The van der Waals surface area contributed by atoms with Crippen LogP contribution >= 0.6 is 0 Å². The quantitative estimate of drug-likeness (QED) is 0.783. The van der Waals surface area contributed by atoms with E-state index in [2.05, 4.69) is 31.0 Å². The van der Waals surface area contributed by atoms with Crippen LogP contribution in [0.25, 0.3) is 0 Å². The molecule has 1 atom stereocenters. The Labute approximate surface area is 122 Å². The minimum atomic E-state index is 0.163. The second kappa shape index (κ2) is 4.14. The lowest BCUT2D eigenvalue weighted by Crippen LogP contribution is -2.56. The lowest BCUT2D eigenvalue weighted by Gasteiger charge is -2.56. The average molecular weight is 276 g/mol. The molecule has 5 aliphatic rings. The topological polar surface area (TPSA) is 32.3 Å². The number of urea groups is 1. The molecule has 4 saturated carbocycles. The van der Waals surface area contributed by atoms with Crippen LogP contribution < -0.4 is 5.32 Å². The van der Waals surface area contributed by atoms with E-state index >= 15 is 0 Å². The van der Waals surface area contributed by atoms with Crippen LogP contribution in [-0.4, -0.2) is 29.6 Å². The third kappa shape index (κ3) is 1.88. The van der Waals surface area contributed by atoms with Crippen molar-refractivity contribution in [3.63, 3.8) is 0 Å². The molecule has 0 aromatic carbocycles. The molecule has 0 spiro atoms. The van der Waals surface area contributed by atoms with Gasteiger partial charge in [-0.05, 0) is 61.2 Å². The number of amides is 2. The zero-order valence-electron chi connectivity index (χ0n) is 13.1. The second-order valence-corrected chi connectivity index (χ2v) is 8.94. The molecule has 1 aliphatic heterocycles. The van der Waals surface area contributed by atoms with Crippen molar-refractivity contribution in [3.8, 4) is 0 Å². The smallest absolute Gasteiger partial charge is 0.318 e. The lowest BCUT2D eigenvalue weighted by molar-refractivity contribution is -0.0479. The van der Waals surface area contributed by atoms with Gasteiger partial charge in [-0.15, -0.1) is 0 Å². The summed E-state index contributed by atoms with van der Waals surface area (Å²) in [5, 5.41) is 3.24. The summed E-state index contributed by atoms with van der Waals surface area (Å²) >= 11 is 0. The van der Waals surface area contributed by atoms with Gasteiger partial charge in [0.25, 0.3) is 0 Å². The summed E-state index contributed by atoms with van der Waals surface area (Å²) in [5.41, 5.74) is 0.163. The van der Waals surface area contributed by atoms with E-state index in [-0.39, 0.29) is 11.4 Å². The SMILES string of the molecule is CC(C)(C)[C@H]1CN(C2C3CC4CC(C3)CC2C4)C(=O)N1. The molecule has 1 N–H and O–H groups in total. The van der Waals surface area contributed by atoms with Gasteiger partial charge in [-0.2, -0.15) is 0 Å². The summed E-state index contributed by atoms with van der Waals surface area (Å²) in [5.74, 6) is 3.57. The van der Waals surface area contributed by atoms with E-state index in [1.54, 1.807) is 0 Å². The van der Waals surface area contributed by atoms with E-state index in [0.29, 0.717) is 12.1 Å². The standard InChI is InChI=1S/C17H28N2O/c1-17(2,3)14-9-19(16(20)18-14)15-12-5-10-4-11(7-12)8-13(15)6-10/h10-15H,4-9H2,1-3H3,(H,18,20)/t10?,11?,12?,13?,14-,15?/m1/s1. The number of hydrogen-bond donors (Lipinski definition) is 1. The Morgan fingerprint density at radius 2 is 1.55 bits per heavy atom. The molecule has 4 aliphatic carbocycles. The van der Waals surface area contributed by atoms with Crippen molar-refractivity contribution < 1.29 is 4.79 Å². The molecule has 0 radical (unpaired) electrons. The van der Waals surface area contributed by atoms with Crippen LogP contribution in [0.5, 0.6) is 0 Å². The van der Waals surface area contributed by atoms with Crippen molar-refractivity contribution in [2.24, 2.45) is 29.1 Å². The van der Waals surface area contributed by atoms with E-state index in [9.17, 15) is 4.79 Å². The molecule has 1 saturated heterocycles. The summed E-state index contributed by atoms with van der Waals surface area (Å²) in [6, 6.07) is 1.07. The zero-order valence-corrected chi connectivity index (χ0v) is 13.1. The first-order valence-electron chi connectivity index (χ1n) is 8.49.